The second kappa shape index (κ2) is 8.23. The van der Waals surface area contributed by atoms with Crippen LogP contribution in [0, 0.1) is 0 Å². The van der Waals surface area contributed by atoms with E-state index in [9.17, 15) is 9.59 Å². The highest BCUT2D eigenvalue weighted by Crippen LogP contribution is 2.14. The van der Waals surface area contributed by atoms with Gasteiger partial charge in [0.05, 0.1) is 11.6 Å². The van der Waals surface area contributed by atoms with E-state index in [4.69, 9.17) is 4.74 Å². The van der Waals surface area contributed by atoms with Crippen molar-refractivity contribution < 1.29 is 9.53 Å². The molecule has 0 bridgehead atoms. The lowest BCUT2D eigenvalue weighted by molar-refractivity contribution is -0.132. The van der Waals surface area contributed by atoms with Crippen molar-refractivity contribution in [2.45, 2.75) is 31.9 Å². The van der Waals surface area contributed by atoms with Crippen molar-refractivity contribution in [2.24, 2.45) is 0 Å². The summed E-state index contributed by atoms with van der Waals surface area (Å²) in [7, 11) is 0. The second-order valence-electron chi connectivity index (χ2n) is 7.52. The zero-order valence-electron chi connectivity index (χ0n) is 15.7. The summed E-state index contributed by atoms with van der Waals surface area (Å²) in [5.41, 5.74) is 0.793. The number of fused-ring (bicyclic) bond motifs is 1. The predicted molar refractivity (Wildman–Crippen MR) is 105 cm³/mol. The molecule has 27 heavy (non-hydrogen) atoms. The van der Waals surface area contributed by atoms with Crippen LogP contribution in [0.3, 0.4) is 0 Å². The van der Waals surface area contributed by atoms with Crippen LogP contribution in [0.2, 0.25) is 0 Å². The molecule has 0 saturated carbocycles. The van der Waals surface area contributed by atoms with Crippen molar-refractivity contribution in [1.29, 1.82) is 0 Å². The van der Waals surface area contributed by atoms with E-state index in [1.54, 1.807) is 6.20 Å². The average Bonchev–Trinajstić information content (AvgIpc) is 3.08. The highest BCUT2D eigenvalue weighted by atomic mass is 16.5. The van der Waals surface area contributed by atoms with Crippen molar-refractivity contribution in [1.82, 2.24) is 14.4 Å². The number of para-hydroxylation sites is 1. The molecule has 2 aromatic rings. The third-order valence-electron chi connectivity index (χ3n) is 5.55. The summed E-state index contributed by atoms with van der Waals surface area (Å²) in [6.07, 6.45) is 5.19. The maximum Gasteiger partial charge on any atom is 0.242 e. The number of likely N-dealkylation sites (tertiary alicyclic amines) is 1. The van der Waals surface area contributed by atoms with Gasteiger partial charge in [-0.2, -0.15) is 0 Å². The van der Waals surface area contributed by atoms with Crippen LogP contribution in [0.15, 0.2) is 41.3 Å². The molecule has 1 amide bonds. The number of hydrogen-bond acceptors (Lipinski definition) is 4. The zero-order chi connectivity index (χ0) is 18.6. The van der Waals surface area contributed by atoms with Gasteiger partial charge in [0, 0.05) is 43.9 Å². The Labute approximate surface area is 159 Å². The first-order chi connectivity index (χ1) is 13.2. The standard InChI is InChI=1S/C21H27N3O3/c25-20-8-12-23(19-7-2-1-6-18(19)20)16-21(26)24-11-5-13-27-17(15-24)14-22-9-3-4-10-22/h1-2,6-8,12,17H,3-5,9-11,13-16H2/t17-/m1/s1. The van der Waals surface area contributed by atoms with Gasteiger partial charge >= 0.3 is 0 Å². The molecule has 1 aromatic carbocycles. The lowest BCUT2D eigenvalue weighted by atomic mass is 10.2. The fourth-order valence-corrected chi connectivity index (χ4v) is 4.13. The van der Waals surface area contributed by atoms with Gasteiger partial charge in [0.25, 0.3) is 0 Å². The van der Waals surface area contributed by atoms with E-state index in [1.807, 2.05) is 33.7 Å². The molecule has 6 heteroatoms. The first kappa shape index (κ1) is 18.2. The van der Waals surface area contributed by atoms with Gasteiger partial charge in [-0.05, 0) is 44.5 Å². The molecule has 0 unspecified atom stereocenters. The maximum absolute atomic E-state index is 13.0. The number of benzene rings is 1. The van der Waals surface area contributed by atoms with Gasteiger partial charge in [0.15, 0.2) is 5.43 Å². The fourth-order valence-electron chi connectivity index (χ4n) is 4.13. The number of nitrogens with zero attached hydrogens (tertiary/aromatic N) is 3. The van der Waals surface area contributed by atoms with Gasteiger partial charge in [-0.1, -0.05) is 12.1 Å². The summed E-state index contributed by atoms with van der Waals surface area (Å²) in [6.45, 7) is 5.51. The normalized spacial score (nSPS) is 21.5. The largest absolute Gasteiger partial charge is 0.375 e. The molecular weight excluding hydrogens is 342 g/mol. The Balaban J connectivity index is 1.47. The van der Waals surface area contributed by atoms with Gasteiger partial charge in [-0.25, -0.2) is 0 Å². The minimum atomic E-state index is -0.0110. The van der Waals surface area contributed by atoms with Crippen molar-refractivity contribution in [2.75, 3.05) is 39.3 Å². The highest BCUT2D eigenvalue weighted by Gasteiger charge is 2.25. The Bertz CT molecular complexity index is 857. The maximum atomic E-state index is 13.0. The number of carbonyl (C=O) groups is 1. The molecule has 0 radical (unpaired) electrons. The van der Waals surface area contributed by atoms with Crippen molar-refractivity contribution in [3.63, 3.8) is 0 Å². The van der Waals surface area contributed by atoms with Crippen molar-refractivity contribution in [3.8, 4) is 0 Å². The number of amides is 1. The van der Waals surface area contributed by atoms with Gasteiger partial charge in [0.1, 0.15) is 6.54 Å². The van der Waals surface area contributed by atoms with Crippen LogP contribution >= 0.6 is 0 Å². The first-order valence-corrected chi connectivity index (χ1v) is 9.90. The SMILES string of the molecule is O=C(Cn1ccc(=O)c2ccccc21)N1CCCO[C@H](CN2CCCC2)C1. The van der Waals surface area contributed by atoms with Gasteiger partial charge in [-0.15, -0.1) is 0 Å². The summed E-state index contributed by atoms with van der Waals surface area (Å²) < 4.78 is 7.87. The predicted octanol–water partition coefficient (Wildman–Crippen LogP) is 1.71. The summed E-state index contributed by atoms with van der Waals surface area (Å²) in [5, 5.41) is 0.652. The summed E-state index contributed by atoms with van der Waals surface area (Å²) in [6, 6.07) is 8.99. The Kier molecular flexibility index (Phi) is 5.55. The molecule has 1 aromatic heterocycles. The summed E-state index contributed by atoms with van der Waals surface area (Å²) >= 11 is 0. The van der Waals surface area contributed by atoms with Gasteiger partial charge < -0.3 is 19.1 Å². The van der Waals surface area contributed by atoms with Crippen LogP contribution < -0.4 is 5.43 Å². The van der Waals surface area contributed by atoms with Crippen molar-refractivity contribution in [3.05, 3.63) is 46.8 Å². The molecule has 3 heterocycles. The van der Waals surface area contributed by atoms with E-state index in [0.29, 0.717) is 18.5 Å². The molecule has 0 aliphatic carbocycles. The Morgan fingerprint density at radius 1 is 1.07 bits per heavy atom. The Hall–Kier alpha value is -2.18. The number of hydrogen-bond donors (Lipinski definition) is 0. The topological polar surface area (TPSA) is 54.8 Å². The number of rotatable bonds is 4. The summed E-state index contributed by atoms with van der Waals surface area (Å²) in [4.78, 5) is 29.4. The van der Waals surface area contributed by atoms with Crippen molar-refractivity contribution >= 4 is 16.8 Å². The lowest BCUT2D eigenvalue weighted by Crippen LogP contribution is -2.43. The minimum Gasteiger partial charge on any atom is -0.375 e. The molecule has 2 aliphatic heterocycles. The number of carbonyl (C=O) groups excluding carboxylic acids is 1. The van der Waals surface area contributed by atoms with Crippen LogP contribution in [-0.4, -0.2) is 65.7 Å². The molecule has 0 spiro atoms. The average molecular weight is 369 g/mol. The number of ether oxygens (including phenoxy) is 1. The van der Waals surface area contributed by atoms with E-state index in [2.05, 4.69) is 4.90 Å². The summed E-state index contributed by atoms with van der Waals surface area (Å²) in [5.74, 6) is 0.0840. The van der Waals surface area contributed by atoms with E-state index in [0.717, 1.165) is 38.1 Å². The molecule has 2 aliphatic rings. The highest BCUT2D eigenvalue weighted by molar-refractivity contribution is 5.82. The van der Waals surface area contributed by atoms with Crippen LogP contribution in [0.25, 0.3) is 10.9 Å². The lowest BCUT2D eigenvalue weighted by Gasteiger charge is -2.27. The van der Waals surface area contributed by atoms with Gasteiger partial charge in [-0.3, -0.25) is 9.59 Å². The quantitative estimate of drug-likeness (QED) is 0.823. The molecule has 6 nitrogen and oxygen atoms in total. The molecular formula is C21H27N3O3. The second-order valence-corrected chi connectivity index (χ2v) is 7.52. The minimum absolute atomic E-state index is 0.0110. The molecule has 144 valence electrons. The van der Waals surface area contributed by atoms with Gasteiger partial charge in [0.2, 0.25) is 5.91 Å². The molecule has 1 atom stereocenters. The van der Waals surface area contributed by atoms with E-state index >= 15 is 0 Å². The Morgan fingerprint density at radius 3 is 2.74 bits per heavy atom. The van der Waals surface area contributed by atoms with E-state index in [-0.39, 0.29) is 24.0 Å². The van der Waals surface area contributed by atoms with Crippen LogP contribution in [0.1, 0.15) is 19.3 Å². The monoisotopic (exact) mass is 369 g/mol. The van der Waals surface area contributed by atoms with E-state index in [1.165, 1.54) is 18.9 Å². The zero-order valence-corrected chi connectivity index (χ0v) is 15.7. The first-order valence-electron chi connectivity index (χ1n) is 9.90. The molecule has 0 N–H and O–H groups in total. The third-order valence-corrected chi connectivity index (χ3v) is 5.55. The Morgan fingerprint density at radius 2 is 1.89 bits per heavy atom. The van der Waals surface area contributed by atoms with Crippen LogP contribution in [0.5, 0.6) is 0 Å². The van der Waals surface area contributed by atoms with Crippen LogP contribution in [-0.2, 0) is 16.1 Å². The smallest absolute Gasteiger partial charge is 0.242 e. The molecule has 4 rings (SSSR count). The van der Waals surface area contributed by atoms with Crippen LogP contribution in [0.4, 0.5) is 0 Å². The third kappa shape index (κ3) is 4.22. The van der Waals surface area contributed by atoms with E-state index < -0.39 is 0 Å². The fraction of sp³-hybridized carbons (Fsp3) is 0.524. The number of pyridine rings is 1. The molecule has 2 fully saturated rings. The number of aromatic nitrogens is 1. The molecule has 2 saturated heterocycles.